The third-order valence-corrected chi connectivity index (χ3v) is 12.6. The van der Waals surface area contributed by atoms with Gasteiger partial charge in [-0.25, -0.2) is 0 Å². The summed E-state index contributed by atoms with van der Waals surface area (Å²) >= 11 is 0. The van der Waals surface area contributed by atoms with Crippen LogP contribution in [0.2, 0.25) is 0 Å². The van der Waals surface area contributed by atoms with Gasteiger partial charge in [-0.05, 0) is 103 Å². The van der Waals surface area contributed by atoms with Crippen LogP contribution in [-0.4, -0.2) is 34.4 Å². The Morgan fingerprint density at radius 1 is 1.03 bits per heavy atom. The molecule has 2 N–H and O–H groups in total. The van der Waals surface area contributed by atoms with Gasteiger partial charge in [-0.3, -0.25) is 14.4 Å². The standard InChI is InChI=1S/C31H44O5/c1-18-15-27(4)21(28(5,17-32)24(18)34)8-9-29(6)22(27)14-20(33)23-19-16-26(2,3)10-12-31(19,25(35)36)13-11-30(23,29)7/h14,19,21,23,32H,1,8-13,15-17H2,2-7H3,(H,35,36)/t19-,21+,23-,27-,28+,29+,30+,31-/m0/s1. The van der Waals surface area contributed by atoms with E-state index in [1.54, 1.807) is 0 Å². The van der Waals surface area contributed by atoms with E-state index < -0.39 is 22.2 Å². The molecular formula is C31H44O5. The second-order valence-corrected chi connectivity index (χ2v) is 14.8. The van der Waals surface area contributed by atoms with Gasteiger partial charge in [-0.2, -0.15) is 0 Å². The van der Waals surface area contributed by atoms with Gasteiger partial charge < -0.3 is 10.2 Å². The molecule has 5 aliphatic rings. The zero-order valence-corrected chi connectivity index (χ0v) is 23.0. The Balaban J connectivity index is 1.67. The van der Waals surface area contributed by atoms with Gasteiger partial charge in [0.25, 0.3) is 0 Å². The number of carboxylic acids is 1. The molecule has 0 radical (unpaired) electrons. The molecular weight excluding hydrogens is 452 g/mol. The zero-order valence-electron chi connectivity index (χ0n) is 23.0. The van der Waals surface area contributed by atoms with Crippen molar-refractivity contribution in [2.75, 3.05) is 6.61 Å². The number of fused-ring (bicyclic) bond motifs is 7. The number of carbonyl (C=O) groups is 3. The number of hydrogen-bond acceptors (Lipinski definition) is 4. The van der Waals surface area contributed by atoms with E-state index in [4.69, 9.17) is 0 Å². The van der Waals surface area contributed by atoms with Crippen LogP contribution in [0.25, 0.3) is 0 Å². The summed E-state index contributed by atoms with van der Waals surface area (Å²) in [4.78, 5) is 40.2. The second kappa shape index (κ2) is 7.42. The molecule has 5 nitrogen and oxygen atoms in total. The van der Waals surface area contributed by atoms with E-state index in [0.29, 0.717) is 24.8 Å². The highest BCUT2D eigenvalue weighted by Gasteiger charge is 2.71. The molecule has 0 saturated heterocycles. The summed E-state index contributed by atoms with van der Waals surface area (Å²) in [6.07, 6.45) is 7.64. The van der Waals surface area contributed by atoms with Gasteiger partial charge in [0.15, 0.2) is 11.6 Å². The summed E-state index contributed by atoms with van der Waals surface area (Å²) in [5.74, 6) is -1.24. The van der Waals surface area contributed by atoms with Crippen LogP contribution in [0, 0.1) is 50.2 Å². The molecule has 4 saturated carbocycles. The van der Waals surface area contributed by atoms with Gasteiger partial charge in [0, 0.05) is 5.92 Å². The van der Waals surface area contributed by atoms with Crippen LogP contribution in [0.3, 0.4) is 0 Å². The van der Waals surface area contributed by atoms with Crippen LogP contribution in [0.5, 0.6) is 0 Å². The van der Waals surface area contributed by atoms with E-state index in [-0.39, 0.29) is 52.2 Å². The highest BCUT2D eigenvalue weighted by Crippen LogP contribution is 2.75. The van der Waals surface area contributed by atoms with Gasteiger partial charge in [-0.1, -0.05) is 46.8 Å². The highest BCUT2D eigenvalue weighted by molar-refractivity contribution is 6.01. The Kier molecular flexibility index (Phi) is 5.34. The third-order valence-electron chi connectivity index (χ3n) is 12.6. The predicted octanol–water partition coefficient (Wildman–Crippen LogP) is 5.76. The number of carboxylic acid groups (broad SMARTS) is 1. The van der Waals surface area contributed by atoms with Crippen molar-refractivity contribution < 1.29 is 24.6 Å². The third kappa shape index (κ3) is 2.90. The van der Waals surface area contributed by atoms with Gasteiger partial charge in [0.2, 0.25) is 0 Å². The number of aliphatic carboxylic acids is 1. The Hall–Kier alpha value is -1.75. The maximum Gasteiger partial charge on any atom is 0.309 e. The number of aliphatic hydroxyl groups is 1. The number of Topliss-reactive ketones (excluding diaryl/α,β-unsaturated/α-hetero) is 1. The average molecular weight is 497 g/mol. The SMILES string of the molecule is C=C1C[C@]2(C)C3=CC(=O)[C@@H]4[C@@H]5CC(C)(C)CC[C@]5(C(=O)O)CC[C@@]4(C)[C@]3(C)CC[C@H]2[C@@](C)(CO)C1=O. The Morgan fingerprint density at radius 2 is 1.67 bits per heavy atom. The maximum absolute atomic E-state index is 14.2. The minimum atomic E-state index is -0.897. The molecule has 198 valence electrons. The van der Waals surface area contributed by atoms with Gasteiger partial charge in [0.1, 0.15) is 0 Å². The second-order valence-electron chi connectivity index (χ2n) is 14.8. The van der Waals surface area contributed by atoms with Gasteiger partial charge in [0.05, 0.1) is 17.4 Å². The predicted molar refractivity (Wildman–Crippen MR) is 138 cm³/mol. The van der Waals surface area contributed by atoms with Crippen molar-refractivity contribution in [3.05, 3.63) is 23.8 Å². The fourth-order valence-corrected chi connectivity index (χ4v) is 10.3. The number of aliphatic hydroxyl groups excluding tert-OH is 1. The zero-order chi connectivity index (χ0) is 26.7. The lowest BCUT2D eigenvalue weighted by Gasteiger charge is -2.69. The first-order valence-corrected chi connectivity index (χ1v) is 13.9. The average Bonchev–Trinajstić information content (AvgIpc) is 2.78. The molecule has 0 heterocycles. The summed E-state index contributed by atoms with van der Waals surface area (Å²) in [7, 11) is 0. The van der Waals surface area contributed by atoms with Crippen LogP contribution in [0.15, 0.2) is 23.8 Å². The van der Waals surface area contributed by atoms with Crippen LogP contribution >= 0.6 is 0 Å². The first-order chi connectivity index (χ1) is 16.5. The molecule has 0 aliphatic heterocycles. The lowest BCUT2D eigenvalue weighted by molar-refractivity contribution is -0.190. The Labute approximate surface area is 215 Å². The van der Waals surface area contributed by atoms with Crippen LogP contribution < -0.4 is 0 Å². The molecule has 0 aromatic carbocycles. The molecule has 5 rings (SSSR count). The molecule has 0 bridgehead atoms. The molecule has 36 heavy (non-hydrogen) atoms. The smallest absolute Gasteiger partial charge is 0.309 e. The minimum Gasteiger partial charge on any atom is -0.481 e. The molecule has 0 aromatic heterocycles. The molecule has 5 heteroatoms. The number of ketones is 2. The molecule has 0 amide bonds. The van der Waals surface area contributed by atoms with Crippen molar-refractivity contribution >= 4 is 17.5 Å². The number of rotatable bonds is 2. The normalized spacial score (nSPS) is 49.8. The first-order valence-electron chi connectivity index (χ1n) is 13.9. The summed E-state index contributed by atoms with van der Waals surface area (Å²) < 4.78 is 0. The van der Waals surface area contributed by atoms with Crippen LogP contribution in [-0.2, 0) is 14.4 Å². The van der Waals surface area contributed by atoms with E-state index >= 15 is 0 Å². The van der Waals surface area contributed by atoms with Crippen molar-refractivity contribution in [2.45, 2.75) is 92.9 Å². The van der Waals surface area contributed by atoms with E-state index in [2.05, 4.69) is 41.2 Å². The summed E-state index contributed by atoms with van der Waals surface area (Å²) in [6.45, 7) is 16.9. The summed E-state index contributed by atoms with van der Waals surface area (Å²) in [5.41, 5.74) is -1.12. The van der Waals surface area contributed by atoms with Crippen molar-refractivity contribution in [2.24, 2.45) is 50.2 Å². The first kappa shape index (κ1) is 25.9. The summed E-state index contributed by atoms with van der Waals surface area (Å²) in [5, 5.41) is 20.9. The summed E-state index contributed by atoms with van der Waals surface area (Å²) in [6, 6.07) is 0. The fraction of sp³-hybridized carbons (Fsp3) is 0.774. The topological polar surface area (TPSA) is 91.7 Å². The van der Waals surface area contributed by atoms with Crippen LogP contribution in [0.4, 0.5) is 0 Å². The minimum absolute atomic E-state index is 0.0150. The van der Waals surface area contributed by atoms with Crippen molar-refractivity contribution in [1.29, 1.82) is 0 Å². The van der Waals surface area contributed by atoms with Crippen LogP contribution in [0.1, 0.15) is 92.9 Å². The van der Waals surface area contributed by atoms with E-state index in [0.717, 1.165) is 37.7 Å². The quantitative estimate of drug-likeness (QED) is 0.474. The molecule has 8 atom stereocenters. The van der Waals surface area contributed by atoms with Crippen molar-refractivity contribution in [1.82, 2.24) is 0 Å². The number of hydrogen-bond donors (Lipinski definition) is 2. The highest BCUT2D eigenvalue weighted by atomic mass is 16.4. The molecule has 5 aliphatic carbocycles. The van der Waals surface area contributed by atoms with Gasteiger partial charge >= 0.3 is 5.97 Å². The fourth-order valence-electron chi connectivity index (χ4n) is 10.3. The lowest BCUT2D eigenvalue weighted by Crippen LogP contribution is -2.66. The maximum atomic E-state index is 14.2. The Bertz CT molecular complexity index is 1100. The van der Waals surface area contributed by atoms with E-state index in [1.165, 1.54) is 0 Å². The lowest BCUT2D eigenvalue weighted by atomic mass is 9.33. The molecule has 0 spiro atoms. The van der Waals surface area contributed by atoms with Crippen molar-refractivity contribution in [3.8, 4) is 0 Å². The van der Waals surface area contributed by atoms with Gasteiger partial charge in [-0.15, -0.1) is 0 Å². The Morgan fingerprint density at radius 3 is 2.28 bits per heavy atom. The molecule has 4 fully saturated rings. The number of allylic oxidation sites excluding steroid dienone is 3. The largest absolute Gasteiger partial charge is 0.481 e. The molecule has 0 unspecified atom stereocenters. The van der Waals surface area contributed by atoms with E-state index in [9.17, 15) is 24.6 Å². The van der Waals surface area contributed by atoms with E-state index in [1.807, 2.05) is 13.0 Å². The number of carbonyl (C=O) groups excluding carboxylic acids is 2. The molecule has 0 aromatic rings. The monoisotopic (exact) mass is 496 g/mol. The van der Waals surface area contributed by atoms with Crippen molar-refractivity contribution in [3.63, 3.8) is 0 Å².